The molecule has 0 spiro atoms. The van der Waals surface area contributed by atoms with Crippen molar-refractivity contribution in [3.63, 3.8) is 0 Å². The van der Waals surface area contributed by atoms with Gasteiger partial charge in [-0.25, -0.2) is 4.79 Å². The van der Waals surface area contributed by atoms with E-state index in [2.05, 4.69) is 42.6 Å². The van der Waals surface area contributed by atoms with E-state index >= 15 is 0 Å². The highest BCUT2D eigenvalue weighted by atomic mass is 32.2. The quantitative estimate of drug-likeness (QED) is 0.772. The molecule has 5 heteroatoms. The largest absolute Gasteiger partial charge is 0.328 e. The van der Waals surface area contributed by atoms with Crippen LogP contribution in [0.25, 0.3) is 0 Å². The van der Waals surface area contributed by atoms with Gasteiger partial charge < -0.3 is 16.0 Å². The molecule has 0 aromatic heterocycles. The maximum Gasteiger partial charge on any atom is 0.321 e. The summed E-state index contributed by atoms with van der Waals surface area (Å²) in [7, 11) is 0. The van der Waals surface area contributed by atoms with Crippen molar-refractivity contribution < 1.29 is 4.79 Å². The molecule has 1 heterocycles. The molecule has 138 valence electrons. The molecule has 3 N–H and O–H groups in total. The van der Waals surface area contributed by atoms with Crippen molar-refractivity contribution in [1.29, 1.82) is 0 Å². The Morgan fingerprint density at radius 1 is 1.15 bits per heavy atom. The SMILES string of the molecule is Cc1ccc(CSc2ccccc2NC(=O)N2CCCC(N)CC2)cc1. The monoisotopic (exact) mass is 369 g/mol. The van der Waals surface area contributed by atoms with Crippen LogP contribution in [0.2, 0.25) is 0 Å². The molecule has 0 saturated carbocycles. The number of nitrogens with two attached hydrogens (primary N) is 1. The fourth-order valence-corrected chi connectivity index (χ4v) is 4.02. The standard InChI is InChI=1S/C21H27N3OS/c1-16-8-10-17(11-9-16)15-26-20-7-3-2-6-19(20)23-21(25)24-13-4-5-18(22)12-14-24/h2-3,6-11,18H,4-5,12-15,22H2,1H3,(H,23,25). The van der Waals surface area contributed by atoms with Crippen LogP contribution in [0.3, 0.4) is 0 Å². The van der Waals surface area contributed by atoms with Gasteiger partial charge in [0.2, 0.25) is 0 Å². The summed E-state index contributed by atoms with van der Waals surface area (Å²) in [5, 5.41) is 3.09. The maximum atomic E-state index is 12.7. The first kappa shape index (κ1) is 18.8. The molecule has 1 atom stereocenters. The molecule has 2 amide bonds. The lowest BCUT2D eigenvalue weighted by Crippen LogP contribution is -2.36. The van der Waals surface area contributed by atoms with Gasteiger partial charge in [0.1, 0.15) is 0 Å². The van der Waals surface area contributed by atoms with Crippen LogP contribution in [0.4, 0.5) is 10.5 Å². The van der Waals surface area contributed by atoms with Gasteiger partial charge in [0.15, 0.2) is 0 Å². The molecule has 1 aliphatic rings. The lowest BCUT2D eigenvalue weighted by molar-refractivity contribution is 0.213. The number of thioether (sulfide) groups is 1. The zero-order valence-corrected chi connectivity index (χ0v) is 16.1. The number of anilines is 1. The van der Waals surface area contributed by atoms with Crippen molar-refractivity contribution in [3.05, 3.63) is 59.7 Å². The van der Waals surface area contributed by atoms with Crippen LogP contribution in [0, 0.1) is 6.92 Å². The second-order valence-electron chi connectivity index (χ2n) is 6.88. The van der Waals surface area contributed by atoms with E-state index in [1.54, 1.807) is 11.8 Å². The van der Waals surface area contributed by atoms with Crippen molar-refractivity contribution in [2.24, 2.45) is 5.73 Å². The van der Waals surface area contributed by atoms with Gasteiger partial charge in [-0.3, -0.25) is 0 Å². The summed E-state index contributed by atoms with van der Waals surface area (Å²) in [5.74, 6) is 0.881. The number of urea groups is 1. The third-order valence-corrected chi connectivity index (χ3v) is 5.85. The minimum Gasteiger partial charge on any atom is -0.328 e. The van der Waals surface area contributed by atoms with Crippen LogP contribution in [0.5, 0.6) is 0 Å². The van der Waals surface area contributed by atoms with E-state index in [1.807, 2.05) is 23.1 Å². The number of nitrogens with zero attached hydrogens (tertiary/aromatic N) is 1. The molecular formula is C21H27N3OS. The minimum atomic E-state index is -0.0255. The predicted molar refractivity (Wildman–Crippen MR) is 110 cm³/mol. The molecule has 2 aromatic rings. The normalized spacial score (nSPS) is 17.6. The van der Waals surface area contributed by atoms with Crippen LogP contribution in [0.15, 0.2) is 53.4 Å². The Morgan fingerprint density at radius 2 is 1.92 bits per heavy atom. The van der Waals surface area contributed by atoms with E-state index in [9.17, 15) is 4.79 Å². The average Bonchev–Trinajstić information content (AvgIpc) is 2.87. The highest BCUT2D eigenvalue weighted by Crippen LogP contribution is 2.30. The van der Waals surface area contributed by atoms with E-state index < -0.39 is 0 Å². The number of hydrogen-bond acceptors (Lipinski definition) is 3. The smallest absolute Gasteiger partial charge is 0.321 e. The van der Waals surface area contributed by atoms with Crippen molar-refractivity contribution in [2.45, 2.75) is 42.9 Å². The Kier molecular flexibility index (Phi) is 6.58. The molecule has 2 aromatic carbocycles. The molecule has 3 rings (SSSR count). The van der Waals surface area contributed by atoms with Crippen molar-refractivity contribution >= 4 is 23.5 Å². The van der Waals surface area contributed by atoms with Crippen LogP contribution in [0.1, 0.15) is 30.4 Å². The highest BCUT2D eigenvalue weighted by Gasteiger charge is 2.19. The van der Waals surface area contributed by atoms with Gasteiger partial charge in [-0.15, -0.1) is 11.8 Å². The van der Waals surface area contributed by atoms with E-state index in [-0.39, 0.29) is 12.1 Å². The number of carbonyl (C=O) groups is 1. The van der Waals surface area contributed by atoms with Crippen molar-refractivity contribution in [2.75, 3.05) is 18.4 Å². The zero-order valence-electron chi connectivity index (χ0n) is 15.3. The lowest BCUT2D eigenvalue weighted by atomic mass is 10.1. The van der Waals surface area contributed by atoms with E-state index in [0.717, 1.165) is 48.7 Å². The van der Waals surface area contributed by atoms with Gasteiger partial charge in [-0.05, 0) is 43.9 Å². The summed E-state index contributed by atoms with van der Waals surface area (Å²) in [5.41, 5.74) is 9.44. The van der Waals surface area contributed by atoms with Crippen LogP contribution in [-0.2, 0) is 5.75 Å². The number of rotatable bonds is 4. The Morgan fingerprint density at radius 3 is 2.73 bits per heavy atom. The predicted octanol–water partition coefficient (Wildman–Crippen LogP) is 4.63. The zero-order chi connectivity index (χ0) is 18.4. The molecule has 1 fully saturated rings. The van der Waals surface area contributed by atoms with Crippen LogP contribution >= 0.6 is 11.8 Å². The minimum absolute atomic E-state index is 0.0255. The topological polar surface area (TPSA) is 58.4 Å². The van der Waals surface area contributed by atoms with Crippen molar-refractivity contribution in [1.82, 2.24) is 4.90 Å². The number of carbonyl (C=O) groups excluding carboxylic acids is 1. The average molecular weight is 370 g/mol. The van der Waals surface area contributed by atoms with Gasteiger partial charge in [0, 0.05) is 29.8 Å². The molecule has 0 aliphatic carbocycles. The van der Waals surface area contributed by atoms with Crippen LogP contribution < -0.4 is 11.1 Å². The van der Waals surface area contributed by atoms with Crippen LogP contribution in [-0.4, -0.2) is 30.1 Å². The fourth-order valence-electron chi connectivity index (χ4n) is 3.06. The summed E-state index contributed by atoms with van der Waals surface area (Å²) in [6.07, 6.45) is 2.84. The molecule has 4 nitrogen and oxygen atoms in total. The summed E-state index contributed by atoms with van der Waals surface area (Å²) in [6, 6.07) is 16.8. The Balaban J connectivity index is 1.62. The second-order valence-corrected chi connectivity index (χ2v) is 7.90. The highest BCUT2D eigenvalue weighted by molar-refractivity contribution is 7.98. The summed E-state index contributed by atoms with van der Waals surface area (Å²) < 4.78 is 0. The molecule has 1 saturated heterocycles. The van der Waals surface area contributed by atoms with E-state index in [4.69, 9.17) is 5.73 Å². The fraction of sp³-hybridized carbons (Fsp3) is 0.381. The van der Waals surface area contributed by atoms with Crippen molar-refractivity contribution in [3.8, 4) is 0 Å². The molecule has 0 bridgehead atoms. The third kappa shape index (κ3) is 5.26. The Labute approximate surface area is 160 Å². The molecule has 1 unspecified atom stereocenters. The van der Waals surface area contributed by atoms with E-state index in [0.29, 0.717) is 0 Å². The molecule has 1 aliphatic heterocycles. The summed E-state index contributed by atoms with van der Waals surface area (Å²) >= 11 is 1.75. The Hall–Kier alpha value is -1.98. The molecule has 26 heavy (non-hydrogen) atoms. The number of likely N-dealkylation sites (tertiary alicyclic amines) is 1. The van der Waals surface area contributed by atoms with Gasteiger partial charge in [0.25, 0.3) is 0 Å². The number of nitrogens with one attached hydrogen (secondary N) is 1. The first-order valence-corrected chi connectivity index (χ1v) is 10.2. The number of aryl methyl sites for hydroxylation is 1. The number of amides is 2. The summed E-state index contributed by atoms with van der Waals surface area (Å²) in [4.78, 5) is 15.6. The first-order chi connectivity index (χ1) is 12.6. The van der Waals surface area contributed by atoms with Gasteiger partial charge >= 0.3 is 6.03 Å². The van der Waals surface area contributed by atoms with Gasteiger partial charge in [-0.2, -0.15) is 0 Å². The number of benzene rings is 2. The summed E-state index contributed by atoms with van der Waals surface area (Å²) in [6.45, 7) is 3.60. The number of para-hydroxylation sites is 1. The third-order valence-electron chi connectivity index (χ3n) is 4.70. The Bertz CT molecular complexity index is 732. The maximum absolute atomic E-state index is 12.7. The number of hydrogen-bond donors (Lipinski definition) is 2. The first-order valence-electron chi connectivity index (χ1n) is 9.21. The van der Waals surface area contributed by atoms with Gasteiger partial charge in [-0.1, -0.05) is 42.0 Å². The molecule has 0 radical (unpaired) electrons. The molecular weight excluding hydrogens is 342 g/mol. The lowest BCUT2D eigenvalue weighted by Gasteiger charge is -2.22. The van der Waals surface area contributed by atoms with Gasteiger partial charge in [0.05, 0.1) is 5.69 Å². The second kappa shape index (κ2) is 9.10. The van der Waals surface area contributed by atoms with E-state index in [1.165, 1.54) is 11.1 Å².